The lowest BCUT2D eigenvalue weighted by Gasteiger charge is -2.11. The number of carbonyl (C=O) groups excluding carboxylic acids is 1. The van der Waals surface area contributed by atoms with E-state index in [0.29, 0.717) is 5.56 Å². The topological polar surface area (TPSA) is 54.4 Å². The summed E-state index contributed by atoms with van der Waals surface area (Å²) in [6, 6.07) is 5.86. The molecule has 0 heterocycles. The molecule has 0 radical (unpaired) electrons. The monoisotopic (exact) mass is 250 g/mol. The minimum Gasteiger partial charge on any atom is -0.481 e. The lowest BCUT2D eigenvalue weighted by molar-refractivity contribution is -0.143. The van der Waals surface area contributed by atoms with Crippen LogP contribution in [0.3, 0.4) is 0 Å². The van der Waals surface area contributed by atoms with E-state index in [-0.39, 0.29) is 30.4 Å². The van der Waals surface area contributed by atoms with Crippen molar-refractivity contribution in [1.82, 2.24) is 0 Å². The highest BCUT2D eigenvalue weighted by molar-refractivity contribution is 5.87. The molecule has 0 spiro atoms. The second-order valence-corrected chi connectivity index (χ2v) is 4.81. The number of aliphatic carboxylic acids is 1. The predicted octanol–water partition coefficient (Wildman–Crippen LogP) is 2.44. The van der Waals surface area contributed by atoms with Gasteiger partial charge in [-0.1, -0.05) is 12.1 Å². The number of carbonyl (C=O) groups is 2. The second kappa shape index (κ2) is 5.29. The minimum atomic E-state index is -0.992. The Hall–Kier alpha value is -1.71. The summed E-state index contributed by atoms with van der Waals surface area (Å²) >= 11 is 0. The summed E-state index contributed by atoms with van der Waals surface area (Å²) in [6.07, 6.45) is 2.01. The number of carboxylic acid groups (broad SMARTS) is 1. The first kappa shape index (κ1) is 12.7. The number of hydrogen-bond acceptors (Lipinski definition) is 2. The fourth-order valence-corrected chi connectivity index (χ4v) is 2.01. The number of ketones is 1. The number of benzene rings is 1. The van der Waals surface area contributed by atoms with Crippen molar-refractivity contribution < 1.29 is 19.1 Å². The molecule has 1 aromatic rings. The second-order valence-electron chi connectivity index (χ2n) is 4.81. The van der Waals surface area contributed by atoms with Crippen LogP contribution in [0.4, 0.5) is 4.39 Å². The lowest BCUT2D eigenvalue weighted by atomic mass is 9.93. The third-order valence-electron chi connectivity index (χ3n) is 3.20. The van der Waals surface area contributed by atoms with Gasteiger partial charge < -0.3 is 5.11 Å². The van der Waals surface area contributed by atoms with Gasteiger partial charge in [0.05, 0.1) is 5.92 Å². The molecule has 1 N–H and O–H groups in total. The highest BCUT2D eigenvalue weighted by atomic mass is 19.1. The first-order chi connectivity index (χ1) is 8.56. The maximum Gasteiger partial charge on any atom is 0.307 e. The average molecular weight is 250 g/mol. The summed E-state index contributed by atoms with van der Waals surface area (Å²) in [5.74, 6) is -2.03. The van der Waals surface area contributed by atoms with E-state index in [1.807, 2.05) is 0 Å². The van der Waals surface area contributed by atoms with Gasteiger partial charge in [0.25, 0.3) is 0 Å². The van der Waals surface area contributed by atoms with E-state index in [1.165, 1.54) is 12.1 Å². The van der Waals surface area contributed by atoms with Gasteiger partial charge in [0.2, 0.25) is 0 Å². The van der Waals surface area contributed by atoms with E-state index in [4.69, 9.17) is 5.11 Å². The first-order valence-electron chi connectivity index (χ1n) is 6.06. The van der Waals surface area contributed by atoms with E-state index >= 15 is 0 Å². The normalized spacial score (nSPS) is 16.3. The number of Topliss-reactive ketones (excluding diaryl/α,β-unsaturated/α-hetero) is 1. The van der Waals surface area contributed by atoms with Crippen LogP contribution in [0.5, 0.6) is 0 Å². The van der Waals surface area contributed by atoms with Crippen LogP contribution in [-0.2, 0) is 16.0 Å². The van der Waals surface area contributed by atoms with Crippen LogP contribution in [-0.4, -0.2) is 16.9 Å². The summed E-state index contributed by atoms with van der Waals surface area (Å²) < 4.78 is 13.0. The third kappa shape index (κ3) is 3.39. The van der Waals surface area contributed by atoms with Gasteiger partial charge in [-0.3, -0.25) is 9.59 Å². The Morgan fingerprint density at radius 3 is 2.67 bits per heavy atom. The van der Waals surface area contributed by atoms with Crippen LogP contribution in [0.2, 0.25) is 0 Å². The van der Waals surface area contributed by atoms with Gasteiger partial charge in [0.15, 0.2) is 0 Å². The van der Waals surface area contributed by atoms with Crippen molar-refractivity contribution >= 4 is 11.8 Å². The Bertz CT molecular complexity index is 466. The highest BCUT2D eigenvalue weighted by Gasteiger charge is 2.32. The summed E-state index contributed by atoms with van der Waals surface area (Å²) in [6.45, 7) is 0. The van der Waals surface area contributed by atoms with Crippen molar-refractivity contribution in [3.05, 3.63) is 35.6 Å². The molecule has 4 heteroatoms. The number of carboxylic acids is 1. The fraction of sp³-hybridized carbons (Fsp3) is 0.429. The van der Waals surface area contributed by atoms with E-state index in [2.05, 4.69) is 0 Å². The van der Waals surface area contributed by atoms with Crippen molar-refractivity contribution in [2.24, 2.45) is 11.8 Å². The van der Waals surface area contributed by atoms with Crippen molar-refractivity contribution in [2.45, 2.75) is 25.7 Å². The molecule has 1 aromatic carbocycles. The summed E-state index contributed by atoms with van der Waals surface area (Å²) in [4.78, 5) is 22.8. The van der Waals surface area contributed by atoms with Gasteiger partial charge in [0, 0.05) is 12.3 Å². The Morgan fingerprint density at radius 2 is 2.11 bits per heavy atom. The lowest BCUT2D eigenvalue weighted by Crippen LogP contribution is -2.21. The highest BCUT2D eigenvalue weighted by Crippen LogP contribution is 2.32. The van der Waals surface area contributed by atoms with Crippen LogP contribution < -0.4 is 0 Å². The zero-order valence-corrected chi connectivity index (χ0v) is 9.93. The minimum absolute atomic E-state index is 0.0267. The SMILES string of the molecule is O=C(O)C(CC(=O)C1CC1)Cc1cccc(F)c1. The zero-order valence-electron chi connectivity index (χ0n) is 9.93. The maximum absolute atomic E-state index is 13.0. The van der Waals surface area contributed by atoms with Gasteiger partial charge in [-0.15, -0.1) is 0 Å². The molecule has 0 saturated heterocycles. The summed E-state index contributed by atoms with van der Waals surface area (Å²) in [5.41, 5.74) is 0.617. The van der Waals surface area contributed by atoms with Crippen LogP contribution in [0.1, 0.15) is 24.8 Å². The van der Waals surface area contributed by atoms with Crippen LogP contribution >= 0.6 is 0 Å². The third-order valence-corrected chi connectivity index (χ3v) is 3.20. The van der Waals surface area contributed by atoms with E-state index in [0.717, 1.165) is 12.8 Å². The molecule has 0 amide bonds. The Kier molecular flexibility index (Phi) is 3.75. The molecular weight excluding hydrogens is 235 g/mol. The quantitative estimate of drug-likeness (QED) is 0.843. The Morgan fingerprint density at radius 1 is 1.39 bits per heavy atom. The van der Waals surface area contributed by atoms with Crippen LogP contribution in [0.25, 0.3) is 0 Å². The van der Waals surface area contributed by atoms with Crippen molar-refractivity contribution in [3.8, 4) is 0 Å². The number of halogens is 1. The van der Waals surface area contributed by atoms with Crippen LogP contribution in [0, 0.1) is 17.7 Å². The predicted molar refractivity (Wildman–Crippen MR) is 63.6 cm³/mol. The standard InChI is InChI=1S/C14H15FO3/c15-12-3-1-2-9(7-12)6-11(14(17)18)8-13(16)10-4-5-10/h1-3,7,10-11H,4-6,8H2,(H,17,18). The zero-order chi connectivity index (χ0) is 13.1. The molecule has 96 valence electrons. The molecule has 18 heavy (non-hydrogen) atoms. The number of hydrogen-bond donors (Lipinski definition) is 1. The molecule has 0 aromatic heterocycles. The average Bonchev–Trinajstić information content (AvgIpc) is 3.11. The van der Waals surface area contributed by atoms with Gasteiger partial charge in [-0.2, -0.15) is 0 Å². The van der Waals surface area contributed by atoms with Crippen molar-refractivity contribution in [1.29, 1.82) is 0 Å². The summed E-state index contributed by atoms with van der Waals surface area (Å²) in [7, 11) is 0. The molecule has 2 rings (SSSR count). The molecule has 1 fully saturated rings. The maximum atomic E-state index is 13.0. The van der Waals surface area contributed by atoms with Crippen molar-refractivity contribution in [3.63, 3.8) is 0 Å². The number of rotatable bonds is 6. The van der Waals surface area contributed by atoms with Gasteiger partial charge in [-0.25, -0.2) is 4.39 Å². The van der Waals surface area contributed by atoms with Crippen LogP contribution in [0.15, 0.2) is 24.3 Å². The van der Waals surface area contributed by atoms with Gasteiger partial charge in [-0.05, 0) is 37.0 Å². The van der Waals surface area contributed by atoms with Gasteiger partial charge >= 0.3 is 5.97 Å². The van der Waals surface area contributed by atoms with E-state index in [1.54, 1.807) is 12.1 Å². The Balaban J connectivity index is 2.01. The molecule has 1 saturated carbocycles. The van der Waals surface area contributed by atoms with E-state index in [9.17, 15) is 14.0 Å². The molecule has 1 aliphatic carbocycles. The molecule has 1 unspecified atom stereocenters. The fourth-order valence-electron chi connectivity index (χ4n) is 2.01. The molecular formula is C14H15FO3. The molecule has 0 bridgehead atoms. The van der Waals surface area contributed by atoms with Gasteiger partial charge in [0.1, 0.15) is 11.6 Å². The van der Waals surface area contributed by atoms with Crippen molar-refractivity contribution in [2.75, 3.05) is 0 Å². The first-order valence-corrected chi connectivity index (χ1v) is 6.06. The molecule has 1 aliphatic rings. The summed E-state index contributed by atoms with van der Waals surface area (Å²) in [5, 5.41) is 9.11. The molecule has 0 aliphatic heterocycles. The smallest absolute Gasteiger partial charge is 0.307 e. The molecule has 3 nitrogen and oxygen atoms in total. The largest absolute Gasteiger partial charge is 0.481 e. The Labute approximate surface area is 105 Å². The molecule has 1 atom stereocenters. The van der Waals surface area contributed by atoms with E-state index < -0.39 is 11.9 Å².